The van der Waals surface area contributed by atoms with Gasteiger partial charge in [0.25, 0.3) is 0 Å². The second-order valence-electron chi connectivity index (χ2n) is 6.45. The van der Waals surface area contributed by atoms with E-state index in [2.05, 4.69) is 10.2 Å². The molecule has 2 aromatic carbocycles. The van der Waals surface area contributed by atoms with Crippen molar-refractivity contribution < 1.29 is 9.53 Å². The summed E-state index contributed by atoms with van der Waals surface area (Å²) in [4.78, 5) is 14.3. The fourth-order valence-corrected chi connectivity index (χ4v) is 3.18. The number of benzene rings is 2. The summed E-state index contributed by atoms with van der Waals surface area (Å²) < 4.78 is 7.84. The van der Waals surface area contributed by atoms with Gasteiger partial charge in [0.05, 0.1) is 6.61 Å². The van der Waals surface area contributed by atoms with Crippen molar-refractivity contribution >= 4 is 18.1 Å². The molecule has 0 aliphatic rings. The first-order valence-electron chi connectivity index (χ1n) is 9.25. The summed E-state index contributed by atoms with van der Waals surface area (Å²) in [6, 6.07) is 17.6. The van der Waals surface area contributed by atoms with Gasteiger partial charge in [0, 0.05) is 32.1 Å². The Morgan fingerprint density at radius 2 is 1.89 bits per heavy atom. The highest BCUT2D eigenvalue weighted by atomic mass is 32.1. The number of carbonyl (C=O) groups excluding carboxylic acids is 1. The summed E-state index contributed by atoms with van der Waals surface area (Å²) >= 11 is 5.36. The fraction of sp³-hybridized carbons (Fsp3) is 0.286. The zero-order chi connectivity index (χ0) is 19.9. The molecule has 0 saturated heterocycles. The Hall–Kier alpha value is -2.93. The van der Waals surface area contributed by atoms with Crippen molar-refractivity contribution in [1.29, 1.82) is 0 Å². The lowest BCUT2D eigenvalue weighted by molar-refractivity contribution is -0.130. The molecule has 0 fully saturated rings. The van der Waals surface area contributed by atoms with Crippen LogP contribution < -0.4 is 4.74 Å². The van der Waals surface area contributed by atoms with E-state index in [0.717, 1.165) is 16.9 Å². The molecule has 7 heteroatoms. The third-order valence-electron chi connectivity index (χ3n) is 4.42. The Morgan fingerprint density at radius 3 is 2.57 bits per heavy atom. The van der Waals surface area contributed by atoms with E-state index in [0.29, 0.717) is 36.7 Å². The minimum Gasteiger partial charge on any atom is -0.494 e. The van der Waals surface area contributed by atoms with Gasteiger partial charge < -0.3 is 9.64 Å². The number of rotatable bonds is 8. The predicted octanol–water partition coefficient (Wildman–Crippen LogP) is 4.06. The van der Waals surface area contributed by atoms with E-state index in [1.165, 1.54) is 0 Å². The van der Waals surface area contributed by atoms with Gasteiger partial charge in [-0.3, -0.25) is 14.5 Å². The molecular formula is C21H24N4O2S. The number of nitrogens with one attached hydrogen (secondary N) is 1. The third kappa shape index (κ3) is 4.86. The summed E-state index contributed by atoms with van der Waals surface area (Å²) in [7, 11) is 1.82. The van der Waals surface area contributed by atoms with Crippen LogP contribution in [0.4, 0.5) is 0 Å². The van der Waals surface area contributed by atoms with Gasteiger partial charge >= 0.3 is 0 Å². The molecule has 1 aromatic heterocycles. The summed E-state index contributed by atoms with van der Waals surface area (Å²) in [5, 5.41) is 7.16. The van der Waals surface area contributed by atoms with E-state index in [4.69, 9.17) is 17.0 Å². The lowest BCUT2D eigenvalue weighted by atomic mass is 10.2. The number of ether oxygens (including phenoxy) is 1. The van der Waals surface area contributed by atoms with E-state index >= 15 is 0 Å². The highest BCUT2D eigenvalue weighted by Crippen LogP contribution is 2.21. The first kappa shape index (κ1) is 19.8. The Balaban J connectivity index is 1.67. The second-order valence-corrected chi connectivity index (χ2v) is 6.83. The summed E-state index contributed by atoms with van der Waals surface area (Å²) in [6.07, 6.45) is 0.348. The third-order valence-corrected chi connectivity index (χ3v) is 4.73. The maximum absolute atomic E-state index is 12.5. The Labute approximate surface area is 169 Å². The Kier molecular flexibility index (Phi) is 6.60. The van der Waals surface area contributed by atoms with Crippen LogP contribution in [-0.2, 0) is 17.9 Å². The zero-order valence-corrected chi connectivity index (χ0v) is 16.9. The maximum Gasteiger partial charge on any atom is 0.224 e. The quantitative estimate of drug-likeness (QED) is 0.584. The van der Waals surface area contributed by atoms with Gasteiger partial charge in [-0.1, -0.05) is 30.3 Å². The minimum atomic E-state index is 0.0598. The first-order valence-corrected chi connectivity index (χ1v) is 9.65. The molecule has 0 saturated carbocycles. The molecule has 28 heavy (non-hydrogen) atoms. The molecule has 0 spiro atoms. The summed E-state index contributed by atoms with van der Waals surface area (Å²) in [5.41, 5.74) is 2.02. The second kappa shape index (κ2) is 9.32. The van der Waals surface area contributed by atoms with Crippen LogP contribution in [-0.4, -0.2) is 39.2 Å². The summed E-state index contributed by atoms with van der Waals surface area (Å²) in [5.74, 6) is 1.58. The molecule has 0 radical (unpaired) electrons. The van der Waals surface area contributed by atoms with Crippen LogP contribution in [0, 0.1) is 4.77 Å². The van der Waals surface area contributed by atoms with E-state index in [-0.39, 0.29) is 5.91 Å². The van der Waals surface area contributed by atoms with Gasteiger partial charge in [0.2, 0.25) is 5.91 Å². The number of amides is 1. The molecule has 0 unspecified atom stereocenters. The molecule has 0 atom stereocenters. The largest absolute Gasteiger partial charge is 0.494 e. The van der Waals surface area contributed by atoms with Crippen LogP contribution in [0.3, 0.4) is 0 Å². The molecule has 0 bridgehead atoms. The van der Waals surface area contributed by atoms with Crippen molar-refractivity contribution in [3.8, 4) is 17.1 Å². The standard InChI is InChI=1S/C21H24N4O2S/c1-3-27-18-11-9-17(10-12-18)20-22-23-21(28)25(20)14-13-19(26)24(2)15-16-7-5-4-6-8-16/h4-12H,3,13-15H2,1-2H3,(H,23,28). The van der Waals surface area contributed by atoms with Crippen LogP contribution in [0.25, 0.3) is 11.4 Å². The maximum atomic E-state index is 12.5. The number of hydrogen-bond donors (Lipinski definition) is 1. The van der Waals surface area contributed by atoms with Crippen LogP contribution >= 0.6 is 12.2 Å². The van der Waals surface area contributed by atoms with Crippen LogP contribution in [0.15, 0.2) is 54.6 Å². The number of aromatic amines is 1. The van der Waals surface area contributed by atoms with Crippen LogP contribution in [0.2, 0.25) is 0 Å². The van der Waals surface area contributed by atoms with Gasteiger partial charge in [-0.2, -0.15) is 5.10 Å². The lowest BCUT2D eigenvalue weighted by Gasteiger charge is -2.17. The molecule has 0 aliphatic heterocycles. The number of aromatic nitrogens is 3. The van der Waals surface area contributed by atoms with Gasteiger partial charge in [-0.25, -0.2) is 0 Å². The van der Waals surface area contributed by atoms with Crippen molar-refractivity contribution in [2.24, 2.45) is 0 Å². The molecule has 0 aliphatic carbocycles. The summed E-state index contributed by atoms with van der Waals surface area (Å²) in [6.45, 7) is 3.62. The van der Waals surface area contributed by atoms with Gasteiger partial charge in [0.15, 0.2) is 10.6 Å². The van der Waals surface area contributed by atoms with E-state index in [1.54, 1.807) is 4.90 Å². The zero-order valence-electron chi connectivity index (χ0n) is 16.1. The lowest BCUT2D eigenvalue weighted by Crippen LogP contribution is -2.27. The Morgan fingerprint density at radius 1 is 1.18 bits per heavy atom. The average molecular weight is 397 g/mol. The first-order chi connectivity index (χ1) is 13.6. The van der Waals surface area contributed by atoms with Crippen LogP contribution in [0.5, 0.6) is 5.75 Å². The molecular weight excluding hydrogens is 372 g/mol. The fourth-order valence-electron chi connectivity index (χ4n) is 2.96. The topological polar surface area (TPSA) is 63.1 Å². The highest BCUT2D eigenvalue weighted by molar-refractivity contribution is 7.71. The number of nitrogens with zero attached hydrogens (tertiary/aromatic N) is 3. The average Bonchev–Trinajstić information content (AvgIpc) is 3.08. The molecule has 1 heterocycles. The van der Waals surface area contributed by atoms with Crippen molar-refractivity contribution in [3.05, 3.63) is 64.9 Å². The molecule has 6 nitrogen and oxygen atoms in total. The molecule has 3 aromatic rings. The van der Waals surface area contributed by atoms with E-state index in [9.17, 15) is 4.79 Å². The normalized spacial score (nSPS) is 10.6. The monoisotopic (exact) mass is 396 g/mol. The number of carbonyl (C=O) groups is 1. The number of H-pyrrole nitrogens is 1. The molecule has 1 amide bonds. The highest BCUT2D eigenvalue weighted by Gasteiger charge is 2.13. The van der Waals surface area contributed by atoms with Crippen molar-refractivity contribution in [2.45, 2.75) is 26.4 Å². The number of hydrogen-bond acceptors (Lipinski definition) is 4. The predicted molar refractivity (Wildman–Crippen MR) is 112 cm³/mol. The van der Waals surface area contributed by atoms with Crippen molar-refractivity contribution in [2.75, 3.05) is 13.7 Å². The van der Waals surface area contributed by atoms with E-state index in [1.807, 2.05) is 73.1 Å². The smallest absolute Gasteiger partial charge is 0.224 e. The van der Waals surface area contributed by atoms with Gasteiger partial charge in [-0.15, -0.1) is 0 Å². The Bertz CT molecular complexity index is 964. The van der Waals surface area contributed by atoms with Crippen molar-refractivity contribution in [3.63, 3.8) is 0 Å². The SMILES string of the molecule is CCOc1ccc(-c2n[nH]c(=S)n2CCC(=O)N(C)Cc2ccccc2)cc1. The van der Waals surface area contributed by atoms with Crippen LogP contribution in [0.1, 0.15) is 18.9 Å². The van der Waals surface area contributed by atoms with Crippen molar-refractivity contribution in [1.82, 2.24) is 19.7 Å². The van der Waals surface area contributed by atoms with Gasteiger partial charge in [0.1, 0.15) is 5.75 Å². The van der Waals surface area contributed by atoms with E-state index < -0.39 is 0 Å². The van der Waals surface area contributed by atoms with Gasteiger partial charge in [-0.05, 0) is 49.0 Å². The molecule has 146 valence electrons. The minimum absolute atomic E-state index is 0.0598. The molecule has 1 N–H and O–H groups in total. The molecule has 3 rings (SSSR count).